The highest BCUT2D eigenvalue weighted by Crippen LogP contribution is 2.50. The van der Waals surface area contributed by atoms with Gasteiger partial charge in [-0.15, -0.1) is 0 Å². The molecule has 0 aromatic carbocycles. The van der Waals surface area contributed by atoms with Gasteiger partial charge in [-0.3, -0.25) is 4.79 Å². The van der Waals surface area contributed by atoms with Crippen molar-refractivity contribution in [1.29, 1.82) is 0 Å². The van der Waals surface area contributed by atoms with Crippen molar-refractivity contribution < 1.29 is 24.2 Å². The van der Waals surface area contributed by atoms with E-state index in [4.69, 9.17) is 9.47 Å². The standard InChI is InChI=1S/C13H21NO5/c1-13(2,3)19-12(17)14-6-5-7(15)8-9(10(8)14)11(16)18-4/h7-10,15H,5-6H2,1-4H3. The number of methoxy groups -OCH3 is 1. The highest BCUT2D eigenvalue weighted by atomic mass is 16.6. The first-order valence-electron chi connectivity index (χ1n) is 6.52. The first-order valence-corrected chi connectivity index (χ1v) is 6.52. The molecule has 0 bridgehead atoms. The average Bonchev–Trinajstić information content (AvgIpc) is 3.02. The van der Waals surface area contributed by atoms with Crippen LogP contribution in [-0.4, -0.2) is 53.5 Å². The van der Waals surface area contributed by atoms with E-state index < -0.39 is 23.7 Å². The van der Waals surface area contributed by atoms with E-state index in [0.29, 0.717) is 13.0 Å². The van der Waals surface area contributed by atoms with Crippen molar-refractivity contribution in [2.75, 3.05) is 13.7 Å². The molecule has 4 atom stereocenters. The fourth-order valence-electron chi connectivity index (χ4n) is 2.77. The average molecular weight is 271 g/mol. The van der Waals surface area contributed by atoms with Crippen LogP contribution < -0.4 is 0 Å². The predicted octanol–water partition coefficient (Wildman–Crippen LogP) is 0.776. The van der Waals surface area contributed by atoms with E-state index in [0.717, 1.165) is 0 Å². The number of aliphatic hydroxyl groups excluding tert-OH is 1. The summed E-state index contributed by atoms with van der Waals surface area (Å²) in [7, 11) is 1.32. The monoisotopic (exact) mass is 271 g/mol. The van der Waals surface area contributed by atoms with E-state index in [-0.39, 0.29) is 17.9 Å². The third-order valence-electron chi connectivity index (χ3n) is 3.61. The number of carbonyl (C=O) groups is 2. The second-order valence-corrected chi connectivity index (χ2v) is 6.15. The van der Waals surface area contributed by atoms with Crippen LogP contribution in [0.3, 0.4) is 0 Å². The molecule has 1 amide bonds. The molecule has 1 saturated heterocycles. The molecule has 2 fully saturated rings. The molecule has 1 aliphatic carbocycles. The molecule has 2 rings (SSSR count). The lowest BCUT2D eigenvalue weighted by Crippen LogP contribution is -2.44. The predicted molar refractivity (Wildman–Crippen MR) is 66.3 cm³/mol. The molecule has 4 unspecified atom stereocenters. The SMILES string of the molecule is COC(=O)C1C2C(O)CCN(C(=O)OC(C)(C)C)C12. The van der Waals surface area contributed by atoms with Crippen LogP contribution >= 0.6 is 0 Å². The number of amides is 1. The third kappa shape index (κ3) is 2.68. The Balaban J connectivity index is 2.07. The fraction of sp³-hybridized carbons (Fsp3) is 0.846. The van der Waals surface area contributed by atoms with Gasteiger partial charge in [0.1, 0.15) is 5.60 Å². The van der Waals surface area contributed by atoms with E-state index in [9.17, 15) is 14.7 Å². The van der Waals surface area contributed by atoms with E-state index in [1.807, 2.05) is 0 Å². The topological polar surface area (TPSA) is 76.1 Å². The van der Waals surface area contributed by atoms with Crippen LogP contribution in [0.2, 0.25) is 0 Å². The van der Waals surface area contributed by atoms with Crippen molar-refractivity contribution >= 4 is 12.1 Å². The van der Waals surface area contributed by atoms with Crippen LogP contribution in [0.25, 0.3) is 0 Å². The van der Waals surface area contributed by atoms with Gasteiger partial charge in [-0.2, -0.15) is 0 Å². The van der Waals surface area contributed by atoms with Gasteiger partial charge in [-0.1, -0.05) is 0 Å². The molecule has 1 N–H and O–H groups in total. The highest BCUT2D eigenvalue weighted by molar-refractivity contribution is 5.80. The van der Waals surface area contributed by atoms with Gasteiger partial charge in [0.25, 0.3) is 0 Å². The number of esters is 1. The van der Waals surface area contributed by atoms with Crippen molar-refractivity contribution in [3.05, 3.63) is 0 Å². The Hall–Kier alpha value is -1.30. The van der Waals surface area contributed by atoms with Crippen molar-refractivity contribution in [1.82, 2.24) is 4.90 Å². The molecule has 2 aliphatic rings. The maximum absolute atomic E-state index is 12.1. The second kappa shape index (κ2) is 4.67. The Bertz CT molecular complexity index is 389. The van der Waals surface area contributed by atoms with Gasteiger partial charge in [0.05, 0.1) is 25.2 Å². The van der Waals surface area contributed by atoms with Crippen molar-refractivity contribution in [3.63, 3.8) is 0 Å². The number of ether oxygens (including phenoxy) is 2. The normalized spacial score (nSPS) is 33.4. The fourth-order valence-corrected chi connectivity index (χ4v) is 2.77. The zero-order chi connectivity index (χ0) is 14.4. The Kier molecular flexibility index (Phi) is 3.47. The summed E-state index contributed by atoms with van der Waals surface area (Å²) < 4.78 is 10.0. The Morgan fingerprint density at radius 1 is 1.32 bits per heavy atom. The van der Waals surface area contributed by atoms with Gasteiger partial charge in [0.2, 0.25) is 0 Å². The summed E-state index contributed by atoms with van der Waals surface area (Å²) in [5.74, 6) is -1.01. The van der Waals surface area contributed by atoms with E-state index in [1.54, 1.807) is 25.7 Å². The van der Waals surface area contributed by atoms with Gasteiger partial charge in [0, 0.05) is 12.5 Å². The molecule has 1 heterocycles. The number of carbonyl (C=O) groups excluding carboxylic acids is 2. The second-order valence-electron chi connectivity index (χ2n) is 6.15. The number of hydrogen-bond donors (Lipinski definition) is 1. The number of nitrogens with zero attached hydrogens (tertiary/aromatic N) is 1. The molecule has 6 heteroatoms. The molecule has 6 nitrogen and oxygen atoms in total. The number of fused-ring (bicyclic) bond motifs is 1. The minimum Gasteiger partial charge on any atom is -0.469 e. The van der Waals surface area contributed by atoms with Crippen molar-refractivity contribution in [2.45, 2.75) is 44.9 Å². The number of aliphatic hydroxyl groups is 1. The van der Waals surface area contributed by atoms with Crippen LogP contribution in [0.15, 0.2) is 0 Å². The number of hydrogen-bond acceptors (Lipinski definition) is 5. The summed E-state index contributed by atoms with van der Waals surface area (Å²) in [4.78, 5) is 25.3. The Morgan fingerprint density at radius 3 is 2.47 bits per heavy atom. The first kappa shape index (κ1) is 14.1. The molecule has 0 aromatic heterocycles. The minimum atomic E-state index is -0.571. The maximum atomic E-state index is 12.1. The van der Waals surface area contributed by atoms with Crippen LogP contribution in [0.5, 0.6) is 0 Å². The summed E-state index contributed by atoms with van der Waals surface area (Å²) in [5.41, 5.74) is -0.571. The van der Waals surface area contributed by atoms with Crippen molar-refractivity contribution in [3.8, 4) is 0 Å². The Morgan fingerprint density at radius 2 is 1.95 bits per heavy atom. The lowest BCUT2D eigenvalue weighted by Gasteiger charge is -2.31. The summed E-state index contributed by atoms with van der Waals surface area (Å²) >= 11 is 0. The maximum Gasteiger partial charge on any atom is 0.410 e. The minimum absolute atomic E-state index is 0.214. The van der Waals surface area contributed by atoms with E-state index in [1.165, 1.54) is 7.11 Å². The smallest absolute Gasteiger partial charge is 0.410 e. The highest BCUT2D eigenvalue weighted by Gasteiger charge is 2.65. The van der Waals surface area contributed by atoms with Gasteiger partial charge in [-0.05, 0) is 27.2 Å². The number of rotatable bonds is 1. The summed E-state index contributed by atoms with van der Waals surface area (Å²) in [6.45, 7) is 5.80. The van der Waals surface area contributed by atoms with Crippen LogP contribution in [-0.2, 0) is 14.3 Å². The molecule has 1 saturated carbocycles. The molecular weight excluding hydrogens is 250 g/mol. The van der Waals surface area contributed by atoms with Crippen molar-refractivity contribution in [2.24, 2.45) is 11.8 Å². The zero-order valence-corrected chi connectivity index (χ0v) is 11.8. The molecule has 0 aromatic rings. The molecular formula is C13H21NO5. The molecule has 1 aliphatic heterocycles. The van der Waals surface area contributed by atoms with Crippen LogP contribution in [0, 0.1) is 11.8 Å². The number of piperidine rings is 1. The molecule has 0 spiro atoms. The zero-order valence-electron chi connectivity index (χ0n) is 11.8. The first-order chi connectivity index (χ1) is 8.76. The quantitative estimate of drug-likeness (QED) is 0.713. The van der Waals surface area contributed by atoms with Gasteiger partial charge in [0.15, 0.2) is 0 Å². The Labute approximate surface area is 112 Å². The van der Waals surface area contributed by atoms with Crippen LogP contribution in [0.4, 0.5) is 4.79 Å². The summed E-state index contributed by atoms with van der Waals surface area (Å²) in [6, 6.07) is -0.286. The van der Waals surface area contributed by atoms with E-state index >= 15 is 0 Å². The molecule has 19 heavy (non-hydrogen) atoms. The van der Waals surface area contributed by atoms with Gasteiger partial charge in [-0.25, -0.2) is 4.79 Å². The number of likely N-dealkylation sites (tertiary alicyclic amines) is 1. The van der Waals surface area contributed by atoms with Crippen LogP contribution in [0.1, 0.15) is 27.2 Å². The van der Waals surface area contributed by atoms with Gasteiger partial charge < -0.3 is 19.5 Å². The van der Waals surface area contributed by atoms with Gasteiger partial charge >= 0.3 is 12.1 Å². The summed E-state index contributed by atoms with van der Waals surface area (Å²) in [5, 5.41) is 9.88. The molecule has 0 radical (unpaired) electrons. The third-order valence-corrected chi connectivity index (χ3v) is 3.61. The van der Waals surface area contributed by atoms with E-state index in [2.05, 4.69) is 0 Å². The molecule has 108 valence electrons. The largest absolute Gasteiger partial charge is 0.469 e. The summed E-state index contributed by atoms with van der Waals surface area (Å²) in [6.07, 6.45) is -0.512. The lowest BCUT2D eigenvalue weighted by molar-refractivity contribution is -0.143. The lowest BCUT2D eigenvalue weighted by atomic mass is 10.1.